The van der Waals surface area contributed by atoms with Crippen LogP contribution in [-0.2, 0) is 14.2 Å². The number of hydrogen-bond donors (Lipinski definition) is 0. The highest BCUT2D eigenvalue weighted by molar-refractivity contribution is 4.70. The van der Waals surface area contributed by atoms with Gasteiger partial charge in [-0.1, -0.05) is 0 Å². The highest BCUT2D eigenvalue weighted by Crippen LogP contribution is 2.05. The smallest absolute Gasteiger partial charge is 0.0674 e. The van der Waals surface area contributed by atoms with Crippen LogP contribution in [0.3, 0.4) is 0 Å². The molecule has 0 aromatic heterocycles. The second kappa shape index (κ2) is 8.17. The van der Waals surface area contributed by atoms with Gasteiger partial charge in [0.15, 0.2) is 0 Å². The van der Waals surface area contributed by atoms with Crippen LogP contribution >= 0.6 is 0 Å². The van der Waals surface area contributed by atoms with E-state index in [9.17, 15) is 0 Å². The maximum Gasteiger partial charge on any atom is 0.0674 e. The number of nitrogens with zero attached hydrogens (tertiary/aromatic N) is 2. The maximum atomic E-state index is 5.82. The monoisotopic (exact) mass is 272 g/mol. The highest BCUT2D eigenvalue weighted by atomic mass is 16.5. The molecular formula is C14H28N2O3. The van der Waals surface area contributed by atoms with Crippen LogP contribution in [0.5, 0.6) is 0 Å². The van der Waals surface area contributed by atoms with E-state index < -0.39 is 0 Å². The van der Waals surface area contributed by atoms with Crippen molar-refractivity contribution in [2.24, 2.45) is 0 Å². The fraction of sp³-hybridized carbons (Fsp3) is 1.00. The summed E-state index contributed by atoms with van der Waals surface area (Å²) in [5, 5.41) is 0. The molecule has 0 aromatic carbocycles. The van der Waals surface area contributed by atoms with Crippen molar-refractivity contribution >= 4 is 0 Å². The highest BCUT2D eigenvalue weighted by Gasteiger charge is 2.18. The molecule has 2 rings (SSSR count). The van der Waals surface area contributed by atoms with Gasteiger partial charge < -0.3 is 14.2 Å². The minimum Gasteiger partial charge on any atom is -0.379 e. The Morgan fingerprint density at radius 1 is 1.21 bits per heavy atom. The Morgan fingerprint density at radius 3 is 2.74 bits per heavy atom. The first-order valence-electron chi connectivity index (χ1n) is 7.49. The van der Waals surface area contributed by atoms with Gasteiger partial charge in [0.25, 0.3) is 0 Å². The van der Waals surface area contributed by atoms with Gasteiger partial charge in [-0.05, 0) is 13.8 Å². The van der Waals surface area contributed by atoms with Gasteiger partial charge >= 0.3 is 0 Å². The van der Waals surface area contributed by atoms with Crippen molar-refractivity contribution in [3.8, 4) is 0 Å². The van der Waals surface area contributed by atoms with Gasteiger partial charge in [0, 0.05) is 38.8 Å². The third-order valence-corrected chi connectivity index (χ3v) is 3.91. The van der Waals surface area contributed by atoms with Gasteiger partial charge in [-0.2, -0.15) is 0 Å². The SMILES string of the molecule is CC1CN(CCOCC(C)N2CCOCC2)CCO1. The molecule has 2 unspecified atom stereocenters. The van der Waals surface area contributed by atoms with E-state index in [-0.39, 0.29) is 0 Å². The molecule has 112 valence electrons. The molecule has 0 bridgehead atoms. The Hall–Kier alpha value is -0.200. The Morgan fingerprint density at radius 2 is 2.00 bits per heavy atom. The summed E-state index contributed by atoms with van der Waals surface area (Å²) in [4.78, 5) is 4.87. The van der Waals surface area contributed by atoms with Crippen LogP contribution in [-0.4, -0.2) is 87.7 Å². The lowest BCUT2D eigenvalue weighted by molar-refractivity contribution is -0.0346. The minimum atomic E-state index is 0.362. The Balaban J connectivity index is 1.53. The number of rotatable bonds is 6. The molecular weight excluding hydrogens is 244 g/mol. The van der Waals surface area contributed by atoms with Crippen molar-refractivity contribution in [3.05, 3.63) is 0 Å². The van der Waals surface area contributed by atoms with Gasteiger partial charge in [0.2, 0.25) is 0 Å². The van der Waals surface area contributed by atoms with Crippen molar-refractivity contribution in [2.75, 3.05) is 65.8 Å². The van der Waals surface area contributed by atoms with Crippen LogP contribution in [0.1, 0.15) is 13.8 Å². The first kappa shape index (κ1) is 15.2. The van der Waals surface area contributed by atoms with Crippen LogP contribution in [0.25, 0.3) is 0 Å². The molecule has 0 N–H and O–H groups in total. The molecule has 0 aliphatic carbocycles. The van der Waals surface area contributed by atoms with Crippen LogP contribution in [0, 0.1) is 0 Å². The van der Waals surface area contributed by atoms with Crippen molar-refractivity contribution in [2.45, 2.75) is 26.0 Å². The molecule has 2 atom stereocenters. The maximum absolute atomic E-state index is 5.82. The molecule has 0 radical (unpaired) electrons. The van der Waals surface area contributed by atoms with E-state index in [1.165, 1.54) is 0 Å². The van der Waals surface area contributed by atoms with Gasteiger partial charge in [0.1, 0.15) is 0 Å². The predicted octanol–water partition coefficient (Wildman–Crippen LogP) is 0.444. The summed E-state index contributed by atoms with van der Waals surface area (Å²) in [7, 11) is 0. The van der Waals surface area contributed by atoms with Crippen molar-refractivity contribution in [3.63, 3.8) is 0 Å². The van der Waals surface area contributed by atoms with E-state index in [2.05, 4.69) is 23.6 Å². The van der Waals surface area contributed by atoms with E-state index in [4.69, 9.17) is 14.2 Å². The quantitative estimate of drug-likeness (QED) is 0.656. The first-order chi connectivity index (χ1) is 9.25. The van der Waals surface area contributed by atoms with Crippen molar-refractivity contribution in [1.82, 2.24) is 9.80 Å². The average molecular weight is 272 g/mol. The summed E-state index contributed by atoms with van der Waals surface area (Å²) < 4.78 is 16.7. The summed E-state index contributed by atoms with van der Waals surface area (Å²) in [6.45, 7) is 13.7. The van der Waals surface area contributed by atoms with E-state index in [0.29, 0.717) is 12.1 Å². The van der Waals surface area contributed by atoms with Crippen LogP contribution in [0.4, 0.5) is 0 Å². The Labute approximate surface area is 116 Å². The molecule has 5 nitrogen and oxygen atoms in total. The second-order valence-electron chi connectivity index (χ2n) is 5.55. The normalized spacial score (nSPS) is 28.4. The predicted molar refractivity (Wildman–Crippen MR) is 74.5 cm³/mol. The lowest BCUT2D eigenvalue weighted by Crippen LogP contribution is -2.45. The summed E-state index contributed by atoms with van der Waals surface area (Å²) in [5.74, 6) is 0. The van der Waals surface area contributed by atoms with Crippen molar-refractivity contribution < 1.29 is 14.2 Å². The zero-order valence-electron chi connectivity index (χ0n) is 12.3. The molecule has 2 heterocycles. The van der Waals surface area contributed by atoms with E-state index >= 15 is 0 Å². The molecule has 0 amide bonds. The molecule has 2 fully saturated rings. The Kier molecular flexibility index (Phi) is 6.53. The summed E-state index contributed by atoms with van der Waals surface area (Å²) in [5.41, 5.74) is 0. The molecule has 0 aromatic rings. The third-order valence-electron chi connectivity index (χ3n) is 3.91. The number of ether oxygens (including phenoxy) is 3. The molecule has 0 saturated carbocycles. The zero-order valence-corrected chi connectivity index (χ0v) is 12.3. The standard InChI is InChI=1S/C14H28N2O3/c1-13(16-5-8-17-9-6-16)12-18-7-3-15-4-10-19-14(2)11-15/h13-14H,3-12H2,1-2H3. The lowest BCUT2D eigenvalue weighted by atomic mass is 10.3. The van der Waals surface area contributed by atoms with Crippen LogP contribution in [0.2, 0.25) is 0 Å². The zero-order chi connectivity index (χ0) is 13.5. The molecule has 19 heavy (non-hydrogen) atoms. The number of morpholine rings is 2. The van der Waals surface area contributed by atoms with Crippen LogP contribution in [0.15, 0.2) is 0 Å². The molecule has 2 aliphatic heterocycles. The number of hydrogen-bond acceptors (Lipinski definition) is 5. The van der Waals surface area contributed by atoms with E-state index in [1.807, 2.05) is 0 Å². The molecule has 2 saturated heterocycles. The van der Waals surface area contributed by atoms with E-state index in [0.717, 1.165) is 65.8 Å². The fourth-order valence-corrected chi connectivity index (χ4v) is 2.66. The molecule has 2 aliphatic rings. The van der Waals surface area contributed by atoms with Gasteiger partial charge in [-0.15, -0.1) is 0 Å². The fourth-order valence-electron chi connectivity index (χ4n) is 2.66. The van der Waals surface area contributed by atoms with Gasteiger partial charge in [0.05, 0.1) is 39.1 Å². The lowest BCUT2D eigenvalue weighted by Gasteiger charge is -2.33. The summed E-state index contributed by atoms with van der Waals surface area (Å²) in [6, 6.07) is 0.493. The Bertz CT molecular complexity index is 247. The van der Waals surface area contributed by atoms with E-state index in [1.54, 1.807) is 0 Å². The topological polar surface area (TPSA) is 34.2 Å². The largest absolute Gasteiger partial charge is 0.379 e. The molecule has 0 spiro atoms. The van der Waals surface area contributed by atoms with Crippen molar-refractivity contribution in [1.29, 1.82) is 0 Å². The van der Waals surface area contributed by atoms with Crippen LogP contribution < -0.4 is 0 Å². The molecule has 5 heteroatoms. The van der Waals surface area contributed by atoms with Gasteiger partial charge in [-0.3, -0.25) is 9.80 Å². The minimum absolute atomic E-state index is 0.362. The third kappa shape index (κ3) is 5.36. The average Bonchev–Trinajstić information content (AvgIpc) is 2.44. The van der Waals surface area contributed by atoms with Gasteiger partial charge in [-0.25, -0.2) is 0 Å². The second-order valence-corrected chi connectivity index (χ2v) is 5.55. The summed E-state index contributed by atoms with van der Waals surface area (Å²) >= 11 is 0. The summed E-state index contributed by atoms with van der Waals surface area (Å²) in [6.07, 6.45) is 0.362. The first-order valence-corrected chi connectivity index (χ1v) is 7.49.